The maximum atomic E-state index is 5.93. The van der Waals surface area contributed by atoms with E-state index < -0.39 is 0 Å². The fourth-order valence-corrected chi connectivity index (χ4v) is 3.32. The minimum absolute atomic E-state index is 0.297. The van der Waals surface area contributed by atoms with Gasteiger partial charge in [0.2, 0.25) is 12.0 Å². The van der Waals surface area contributed by atoms with Crippen LogP contribution in [-0.4, -0.2) is 22.9 Å². The molecule has 1 saturated carbocycles. The molecule has 1 aliphatic carbocycles. The van der Waals surface area contributed by atoms with E-state index in [0.717, 1.165) is 24.5 Å². The molecule has 1 aliphatic heterocycles. The van der Waals surface area contributed by atoms with Gasteiger partial charge in [-0.25, -0.2) is 0 Å². The van der Waals surface area contributed by atoms with Crippen LogP contribution in [0.25, 0.3) is 0 Å². The highest BCUT2D eigenvalue weighted by atomic mass is 16.6. The first-order valence-electron chi connectivity index (χ1n) is 8.60. The van der Waals surface area contributed by atoms with E-state index in [1.54, 1.807) is 0 Å². The number of para-hydroxylation sites is 2. The molecule has 2 aliphatic rings. The average Bonchev–Trinajstić information content (AvgIpc) is 3.09. The van der Waals surface area contributed by atoms with Gasteiger partial charge in [0.25, 0.3) is 5.89 Å². The molecule has 2 aromatic rings. The summed E-state index contributed by atoms with van der Waals surface area (Å²) >= 11 is 0. The number of benzene rings is 1. The number of rotatable bonds is 4. The molecule has 24 heavy (non-hydrogen) atoms. The standard InChI is InChI=1S/C18H22N2O4/c1-12-5-4-6-13(9-12)21-11-17-19-20-18(24-17)16-10-22-14-7-2-3-8-15(14)23-16/h2-3,7-8,12-13,16H,4-6,9-11H2,1H3/t12-,13+,16+/m1/s1. The van der Waals surface area contributed by atoms with Crippen molar-refractivity contribution in [1.82, 2.24) is 10.2 Å². The Bertz CT molecular complexity index is 687. The lowest BCUT2D eigenvalue weighted by Gasteiger charge is -2.26. The van der Waals surface area contributed by atoms with Crippen LogP contribution in [0.3, 0.4) is 0 Å². The summed E-state index contributed by atoms with van der Waals surface area (Å²) in [6, 6.07) is 7.57. The molecule has 1 aromatic heterocycles. The minimum atomic E-state index is -0.379. The second kappa shape index (κ2) is 6.81. The Morgan fingerprint density at radius 2 is 2.04 bits per heavy atom. The fraction of sp³-hybridized carbons (Fsp3) is 0.556. The number of fused-ring (bicyclic) bond motifs is 1. The van der Waals surface area contributed by atoms with Gasteiger partial charge in [-0.2, -0.15) is 0 Å². The van der Waals surface area contributed by atoms with Crippen molar-refractivity contribution in [3.63, 3.8) is 0 Å². The molecule has 6 nitrogen and oxygen atoms in total. The Kier molecular flexibility index (Phi) is 4.38. The van der Waals surface area contributed by atoms with Crippen molar-refractivity contribution in [2.24, 2.45) is 5.92 Å². The van der Waals surface area contributed by atoms with Gasteiger partial charge >= 0.3 is 0 Å². The summed E-state index contributed by atoms with van der Waals surface area (Å²) in [7, 11) is 0. The first-order valence-corrected chi connectivity index (χ1v) is 8.60. The van der Waals surface area contributed by atoms with E-state index >= 15 is 0 Å². The van der Waals surface area contributed by atoms with Crippen LogP contribution in [0.5, 0.6) is 11.5 Å². The number of hydrogen-bond donors (Lipinski definition) is 0. The molecule has 3 atom stereocenters. The zero-order chi connectivity index (χ0) is 16.4. The smallest absolute Gasteiger partial charge is 0.260 e. The Hall–Kier alpha value is -2.08. The molecular weight excluding hydrogens is 308 g/mol. The molecule has 128 valence electrons. The van der Waals surface area contributed by atoms with E-state index in [1.807, 2.05) is 24.3 Å². The van der Waals surface area contributed by atoms with Gasteiger partial charge in [-0.05, 0) is 30.9 Å². The van der Waals surface area contributed by atoms with Crippen molar-refractivity contribution in [2.75, 3.05) is 6.61 Å². The maximum absolute atomic E-state index is 5.93. The van der Waals surface area contributed by atoms with Gasteiger partial charge in [0, 0.05) is 0 Å². The van der Waals surface area contributed by atoms with E-state index in [0.29, 0.717) is 36.8 Å². The number of ether oxygens (including phenoxy) is 3. The Morgan fingerprint density at radius 1 is 1.17 bits per heavy atom. The molecule has 0 spiro atoms. The summed E-state index contributed by atoms with van der Waals surface area (Å²) < 4.78 is 23.2. The van der Waals surface area contributed by atoms with E-state index in [9.17, 15) is 0 Å². The molecule has 0 amide bonds. The topological polar surface area (TPSA) is 66.6 Å². The van der Waals surface area contributed by atoms with Crippen LogP contribution in [0.4, 0.5) is 0 Å². The van der Waals surface area contributed by atoms with Crippen molar-refractivity contribution >= 4 is 0 Å². The summed E-state index contributed by atoms with van der Waals surface area (Å²) in [5.41, 5.74) is 0. The second-order valence-corrected chi connectivity index (χ2v) is 6.60. The third kappa shape index (κ3) is 3.38. The van der Waals surface area contributed by atoms with Gasteiger partial charge in [0.05, 0.1) is 6.10 Å². The van der Waals surface area contributed by atoms with Gasteiger partial charge in [0.15, 0.2) is 11.5 Å². The van der Waals surface area contributed by atoms with Crippen LogP contribution in [0.15, 0.2) is 28.7 Å². The van der Waals surface area contributed by atoms with Crippen LogP contribution in [-0.2, 0) is 11.3 Å². The average molecular weight is 330 g/mol. The number of aromatic nitrogens is 2. The zero-order valence-corrected chi connectivity index (χ0v) is 13.8. The largest absolute Gasteiger partial charge is 0.485 e. The number of hydrogen-bond acceptors (Lipinski definition) is 6. The van der Waals surface area contributed by atoms with Gasteiger partial charge in [-0.1, -0.05) is 31.9 Å². The molecule has 0 N–H and O–H groups in total. The van der Waals surface area contributed by atoms with Crippen LogP contribution in [0.1, 0.15) is 50.5 Å². The molecule has 1 aromatic carbocycles. The molecule has 0 unspecified atom stereocenters. The molecule has 4 rings (SSSR count). The predicted molar refractivity (Wildman–Crippen MR) is 85.8 cm³/mol. The monoisotopic (exact) mass is 330 g/mol. The van der Waals surface area contributed by atoms with Crippen LogP contribution >= 0.6 is 0 Å². The van der Waals surface area contributed by atoms with Gasteiger partial charge in [-0.15, -0.1) is 10.2 Å². The Labute approximate surface area is 141 Å². The normalized spacial score (nSPS) is 26.3. The molecule has 0 radical (unpaired) electrons. The number of nitrogens with zero attached hydrogens (tertiary/aromatic N) is 2. The Morgan fingerprint density at radius 3 is 2.92 bits per heavy atom. The predicted octanol–water partition coefficient (Wildman–Crippen LogP) is 3.68. The van der Waals surface area contributed by atoms with Crippen molar-refractivity contribution in [3.05, 3.63) is 36.0 Å². The molecule has 0 bridgehead atoms. The molecule has 0 saturated heterocycles. The zero-order valence-electron chi connectivity index (χ0n) is 13.8. The lowest BCUT2D eigenvalue weighted by Crippen LogP contribution is -2.22. The summed E-state index contributed by atoms with van der Waals surface area (Å²) in [5.74, 6) is 3.09. The summed E-state index contributed by atoms with van der Waals surface area (Å²) in [6.07, 6.45) is 4.67. The summed E-state index contributed by atoms with van der Waals surface area (Å²) in [5, 5.41) is 8.16. The Balaban J connectivity index is 1.35. The highest BCUT2D eigenvalue weighted by Gasteiger charge is 2.27. The highest BCUT2D eigenvalue weighted by Crippen LogP contribution is 2.35. The first-order chi connectivity index (χ1) is 11.8. The van der Waals surface area contributed by atoms with E-state index in [2.05, 4.69) is 17.1 Å². The SMILES string of the molecule is C[C@@H]1CCC[C@H](OCc2nnc([C@@H]3COc4ccccc4O3)o2)C1. The molecule has 2 heterocycles. The first kappa shape index (κ1) is 15.4. The third-order valence-electron chi connectivity index (χ3n) is 4.60. The van der Waals surface area contributed by atoms with E-state index in [4.69, 9.17) is 18.6 Å². The van der Waals surface area contributed by atoms with E-state index in [1.165, 1.54) is 12.8 Å². The summed E-state index contributed by atoms with van der Waals surface area (Å²) in [4.78, 5) is 0. The van der Waals surface area contributed by atoms with Crippen LogP contribution in [0.2, 0.25) is 0 Å². The summed E-state index contributed by atoms with van der Waals surface area (Å²) in [6.45, 7) is 2.99. The molecule has 1 fully saturated rings. The van der Waals surface area contributed by atoms with Crippen LogP contribution in [0, 0.1) is 5.92 Å². The van der Waals surface area contributed by atoms with Crippen molar-refractivity contribution in [2.45, 2.75) is 51.4 Å². The quantitative estimate of drug-likeness (QED) is 0.852. The third-order valence-corrected chi connectivity index (χ3v) is 4.60. The van der Waals surface area contributed by atoms with Gasteiger partial charge in [-0.3, -0.25) is 0 Å². The van der Waals surface area contributed by atoms with Gasteiger partial charge in [0.1, 0.15) is 13.2 Å². The van der Waals surface area contributed by atoms with Crippen LogP contribution < -0.4 is 9.47 Å². The van der Waals surface area contributed by atoms with Crippen molar-refractivity contribution in [3.8, 4) is 11.5 Å². The van der Waals surface area contributed by atoms with Crippen molar-refractivity contribution in [1.29, 1.82) is 0 Å². The maximum Gasteiger partial charge on any atom is 0.260 e. The fourth-order valence-electron chi connectivity index (χ4n) is 3.32. The molecular formula is C18H22N2O4. The lowest BCUT2D eigenvalue weighted by atomic mass is 9.89. The van der Waals surface area contributed by atoms with Crippen molar-refractivity contribution < 1.29 is 18.6 Å². The highest BCUT2D eigenvalue weighted by molar-refractivity contribution is 5.40. The lowest BCUT2D eigenvalue weighted by molar-refractivity contribution is -0.00637. The van der Waals surface area contributed by atoms with E-state index in [-0.39, 0.29) is 6.10 Å². The molecule has 6 heteroatoms. The minimum Gasteiger partial charge on any atom is -0.485 e. The van der Waals surface area contributed by atoms with Gasteiger partial charge < -0.3 is 18.6 Å². The second-order valence-electron chi connectivity index (χ2n) is 6.60.